The van der Waals surface area contributed by atoms with Crippen molar-refractivity contribution in [3.63, 3.8) is 0 Å². The van der Waals surface area contributed by atoms with Gasteiger partial charge in [-0.25, -0.2) is 0 Å². The van der Waals surface area contributed by atoms with Gasteiger partial charge in [-0.05, 0) is 26.3 Å². The number of hydrogen-bond donors (Lipinski definition) is 3. The lowest BCUT2D eigenvalue weighted by atomic mass is 10.2. The fourth-order valence-electron chi connectivity index (χ4n) is 1.78. The van der Waals surface area contributed by atoms with Crippen LogP contribution in [0.1, 0.15) is 24.2 Å². The summed E-state index contributed by atoms with van der Waals surface area (Å²) in [6, 6.07) is 1.13. The smallest absolute Gasteiger partial charge is 0.237 e. The first-order valence-corrected chi connectivity index (χ1v) is 6.23. The number of nitrogens with one attached hydrogen (secondary N) is 1. The highest BCUT2D eigenvalue weighted by Crippen LogP contribution is 2.02. The maximum Gasteiger partial charge on any atom is 0.237 e. The van der Waals surface area contributed by atoms with Gasteiger partial charge in [0.15, 0.2) is 0 Å². The number of nitrogens with zero attached hydrogens (tertiary/aromatic N) is 2. The second-order valence-corrected chi connectivity index (χ2v) is 4.57. The van der Waals surface area contributed by atoms with E-state index in [-0.39, 0.29) is 12.3 Å². The first kappa shape index (κ1) is 15.2. The summed E-state index contributed by atoms with van der Waals surface area (Å²) in [7, 11) is 0. The summed E-state index contributed by atoms with van der Waals surface area (Å²) >= 11 is 0. The van der Waals surface area contributed by atoms with Crippen molar-refractivity contribution in [1.82, 2.24) is 15.1 Å². The molecule has 0 aliphatic heterocycles. The Bertz CT molecular complexity index is 455. The molecule has 1 rings (SSSR count). The number of nitrogens with two attached hydrogens (primary N) is 2. The van der Waals surface area contributed by atoms with Gasteiger partial charge in [-0.15, -0.1) is 0 Å². The van der Waals surface area contributed by atoms with Crippen LogP contribution in [0.4, 0.5) is 0 Å². The molecular formula is C12H21N5O2. The van der Waals surface area contributed by atoms with Gasteiger partial charge < -0.3 is 16.8 Å². The fourth-order valence-corrected chi connectivity index (χ4v) is 1.78. The lowest BCUT2D eigenvalue weighted by molar-refractivity contribution is -0.126. The van der Waals surface area contributed by atoms with Crippen LogP contribution in [0.3, 0.4) is 0 Å². The zero-order valence-electron chi connectivity index (χ0n) is 11.3. The monoisotopic (exact) mass is 267 g/mol. The predicted molar refractivity (Wildman–Crippen MR) is 71.1 cm³/mol. The van der Waals surface area contributed by atoms with Crippen molar-refractivity contribution in [2.75, 3.05) is 6.54 Å². The second-order valence-electron chi connectivity index (χ2n) is 4.57. The molecule has 0 saturated heterocycles. The maximum absolute atomic E-state index is 11.5. The van der Waals surface area contributed by atoms with E-state index in [1.165, 1.54) is 0 Å². The molecule has 0 radical (unpaired) electrons. The standard InChI is InChI=1S/C12H21N5O2/c1-8-6-9(2)17(16-8)5-3-4-15-12(19)10(13)7-11(14)18/h6,10H,3-5,7,13H2,1-2H3,(H2,14,18)(H,15,19). The van der Waals surface area contributed by atoms with Gasteiger partial charge >= 0.3 is 0 Å². The van der Waals surface area contributed by atoms with Crippen molar-refractivity contribution in [3.05, 3.63) is 17.5 Å². The van der Waals surface area contributed by atoms with E-state index in [9.17, 15) is 9.59 Å². The molecule has 0 saturated carbocycles. The van der Waals surface area contributed by atoms with E-state index >= 15 is 0 Å². The van der Waals surface area contributed by atoms with Gasteiger partial charge in [-0.3, -0.25) is 14.3 Å². The van der Waals surface area contributed by atoms with Crippen LogP contribution in [0.5, 0.6) is 0 Å². The van der Waals surface area contributed by atoms with Crippen molar-refractivity contribution < 1.29 is 9.59 Å². The number of rotatable bonds is 7. The number of carbonyl (C=O) groups excluding carboxylic acids is 2. The van der Waals surface area contributed by atoms with Crippen LogP contribution in [-0.4, -0.2) is 34.2 Å². The number of amides is 2. The molecule has 0 aliphatic carbocycles. The third-order valence-corrected chi connectivity index (χ3v) is 2.71. The highest BCUT2D eigenvalue weighted by molar-refractivity contribution is 5.87. The quantitative estimate of drug-likeness (QED) is 0.561. The van der Waals surface area contributed by atoms with Crippen LogP contribution in [0.15, 0.2) is 6.07 Å². The van der Waals surface area contributed by atoms with E-state index in [0.29, 0.717) is 6.54 Å². The highest BCUT2D eigenvalue weighted by atomic mass is 16.2. The largest absolute Gasteiger partial charge is 0.370 e. The molecule has 5 N–H and O–H groups in total. The number of hydrogen-bond acceptors (Lipinski definition) is 4. The molecule has 7 heteroatoms. The number of aryl methyl sites for hydroxylation is 3. The number of primary amides is 1. The molecule has 106 valence electrons. The lowest BCUT2D eigenvalue weighted by Gasteiger charge is -2.10. The van der Waals surface area contributed by atoms with Gasteiger partial charge in [0.2, 0.25) is 11.8 Å². The Labute approximate surface area is 112 Å². The van der Waals surface area contributed by atoms with Gasteiger partial charge in [0.25, 0.3) is 0 Å². The Balaban J connectivity index is 2.25. The van der Waals surface area contributed by atoms with Crippen molar-refractivity contribution in [3.8, 4) is 0 Å². The van der Waals surface area contributed by atoms with Crippen LogP contribution in [-0.2, 0) is 16.1 Å². The molecular weight excluding hydrogens is 246 g/mol. The minimum atomic E-state index is -0.869. The Kier molecular flexibility index (Phi) is 5.50. The summed E-state index contributed by atoms with van der Waals surface area (Å²) in [6.45, 7) is 5.14. The molecule has 2 amide bonds. The van der Waals surface area contributed by atoms with E-state index in [2.05, 4.69) is 10.4 Å². The zero-order chi connectivity index (χ0) is 14.4. The Morgan fingerprint density at radius 1 is 1.47 bits per heavy atom. The molecule has 0 fully saturated rings. The van der Waals surface area contributed by atoms with Gasteiger partial charge in [0.05, 0.1) is 18.2 Å². The van der Waals surface area contributed by atoms with Crippen LogP contribution in [0.2, 0.25) is 0 Å². The summed E-state index contributed by atoms with van der Waals surface area (Å²) in [5, 5.41) is 6.99. The third kappa shape index (κ3) is 5.09. The van der Waals surface area contributed by atoms with Crippen molar-refractivity contribution in [1.29, 1.82) is 0 Å². The maximum atomic E-state index is 11.5. The Hall–Kier alpha value is -1.89. The minimum absolute atomic E-state index is 0.136. The van der Waals surface area contributed by atoms with E-state index in [4.69, 9.17) is 11.5 Å². The minimum Gasteiger partial charge on any atom is -0.370 e. The van der Waals surface area contributed by atoms with E-state index in [0.717, 1.165) is 24.4 Å². The predicted octanol–water partition coefficient (Wildman–Crippen LogP) is -0.791. The topological polar surface area (TPSA) is 116 Å². The zero-order valence-corrected chi connectivity index (χ0v) is 11.3. The molecule has 7 nitrogen and oxygen atoms in total. The van der Waals surface area contributed by atoms with E-state index in [1.807, 2.05) is 24.6 Å². The second kappa shape index (κ2) is 6.89. The first-order valence-electron chi connectivity index (χ1n) is 6.23. The summed E-state index contributed by atoms with van der Waals surface area (Å²) in [6.07, 6.45) is 0.611. The van der Waals surface area contributed by atoms with Crippen LogP contribution in [0, 0.1) is 13.8 Å². The van der Waals surface area contributed by atoms with E-state index < -0.39 is 11.9 Å². The summed E-state index contributed by atoms with van der Waals surface area (Å²) < 4.78 is 1.89. The molecule has 1 unspecified atom stereocenters. The summed E-state index contributed by atoms with van der Waals surface area (Å²) in [5.41, 5.74) is 12.5. The van der Waals surface area contributed by atoms with Crippen molar-refractivity contribution in [2.24, 2.45) is 11.5 Å². The summed E-state index contributed by atoms with van der Waals surface area (Å²) in [5.74, 6) is -0.933. The molecule has 0 aliphatic rings. The van der Waals surface area contributed by atoms with E-state index in [1.54, 1.807) is 0 Å². The molecule has 0 bridgehead atoms. The highest BCUT2D eigenvalue weighted by Gasteiger charge is 2.15. The third-order valence-electron chi connectivity index (χ3n) is 2.71. The molecule has 1 aromatic heterocycles. The Morgan fingerprint density at radius 3 is 2.68 bits per heavy atom. The van der Waals surface area contributed by atoms with Gasteiger partial charge in [0, 0.05) is 18.8 Å². The van der Waals surface area contributed by atoms with Crippen LogP contribution in [0.25, 0.3) is 0 Å². The van der Waals surface area contributed by atoms with Gasteiger partial charge in [-0.2, -0.15) is 5.10 Å². The average molecular weight is 267 g/mol. The van der Waals surface area contributed by atoms with Gasteiger partial charge in [-0.1, -0.05) is 0 Å². The lowest BCUT2D eigenvalue weighted by Crippen LogP contribution is -2.43. The molecule has 19 heavy (non-hydrogen) atoms. The molecule has 0 aromatic carbocycles. The van der Waals surface area contributed by atoms with Crippen molar-refractivity contribution in [2.45, 2.75) is 39.3 Å². The van der Waals surface area contributed by atoms with Gasteiger partial charge in [0.1, 0.15) is 0 Å². The number of aromatic nitrogens is 2. The van der Waals surface area contributed by atoms with Crippen LogP contribution >= 0.6 is 0 Å². The molecule has 1 heterocycles. The molecule has 1 atom stereocenters. The normalized spacial score (nSPS) is 12.2. The first-order chi connectivity index (χ1) is 8.90. The van der Waals surface area contributed by atoms with Crippen molar-refractivity contribution >= 4 is 11.8 Å². The fraction of sp³-hybridized carbons (Fsp3) is 0.583. The number of carbonyl (C=O) groups is 2. The molecule has 1 aromatic rings. The Morgan fingerprint density at radius 2 is 2.16 bits per heavy atom. The van der Waals surface area contributed by atoms with Crippen LogP contribution < -0.4 is 16.8 Å². The SMILES string of the molecule is Cc1cc(C)n(CCCNC(=O)C(N)CC(N)=O)n1. The average Bonchev–Trinajstić information content (AvgIpc) is 2.62. The summed E-state index contributed by atoms with van der Waals surface area (Å²) in [4.78, 5) is 22.1. The molecule has 0 spiro atoms.